The number of hydrogen-bond acceptors (Lipinski definition) is 0. The smallest absolute Gasteiger partial charge is 0.0250 e. The largest absolute Gasteiger partial charge is 0.0651 e. The van der Waals surface area contributed by atoms with Gasteiger partial charge >= 0.3 is 0 Å². The molecule has 0 saturated carbocycles. The topological polar surface area (TPSA) is 0 Å². The van der Waals surface area contributed by atoms with Gasteiger partial charge in [-0.05, 0) is 37.3 Å². The van der Waals surface area contributed by atoms with Crippen LogP contribution >= 0.6 is 0 Å². The quantitative estimate of drug-likeness (QED) is 0.655. The summed E-state index contributed by atoms with van der Waals surface area (Å²) in [6.07, 6.45) is 2.50. The molecule has 1 atom stereocenters. The Bertz CT molecular complexity index is 273. The van der Waals surface area contributed by atoms with E-state index in [1.54, 1.807) is 0 Å². The number of aryl methyl sites for hydroxylation is 2. The Balaban J connectivity index is 2.77. The van der Waals surface area contributed by atoms with Crippen LogP contribution < -0.4 is 0 Å². The van der Waals surface area contributed by atoms with E-state index in [1.165, 1.54) is 29.5 Å². The third kappa shape index (κ3) is 2.87. The van der Waals surface area contributed by atoms with Gasteiger partial charge in [0.05, 0.1) is 0 Å². The molecule has 1 rings (SSSR count). The van der Waals surface area contributed by atoms with Gasteiger partial charge in [0.15, 0.2) is 0 Å². The summed E-state index contributed by atoms with van der Waals surface area (Å²) in [5.74, 6) is 0.807. The number of hydrogen-bond donors (Lipinski definition) is 0. The second-order valence-electron chi connectivity index (χ2n) is 4.15. The zero-order valence-corrected chi connectivity index (χ0v) is 9.22. The minimum absolute atomic E-state index is 0.807. The van der Waals surface area contributed by atoms with Gasteiger partial charge in [-0.1, -0.05) is 44.0 Å². The number of rotatable bonds is 3. The van der Waals surface area contributed by atoms with Crippen LogP contribution in [0.5, 0.6) is 0 Å². The third-order valence-corrected chi connectivity index (χ3v) is 2.76. The summed E-state index contributed by atoms with van der Waals surface area (Å²) in [7, 11) is 0. The molecule has 0 heteroatoms. The first-order valence-electron chi connectivity index (χ1n) is 5.19. The molecule has 0 radical (unpaired) electrons. The second kappa shape index (κ2) is 4.45. The summed E-state index contributed by atoms with van der Waals surface area (Å²) >= 11 is 0. The zero-order chi connectivity index (χ0) is 9.84. The Hall–Kier alpha value is -0.780. The fourth-order valence-corrected chi connectivity index (χ4v) is 1.59. The normalized spacial score (nSPS) is 12.9. The molecule has 0 fully saturated rings. The SMILES string of the molecule is CC[C@@H](C)Cc1ccc(C)cc1C. The Morgan fingerprint density at radius 3 is 2.46 bits per heavy atom. The van der Waals surface area contributed by atoms with Gasteiger partial charge < -0.3 is 0 Å². The van der Waals surface area contributed by atoms with Gasteiger partial charge in [0, 0.05) is 0 Å². The van der Waals surface area contributed by atoms with Gasteiger partial charge in [-0.25, -0.2) is 0 Å². The molecule has 0 amide bonds. The molecule has 0 heterocycles. The summed E-state index contributed by atoms with van der Waals surface area (Å²) < 4.78 is 0. The highest BCUT2D eigenvalue weighted by atomic mass is 14.1. The summed E-state index contributed by atoms with van der Waals surface area (Å²) in [5.41, 5.74) is 4.32. The van der Waals surface area contributed by atoms with E-state index in [2.05, 4.69) is 45.9 Å². The van der Waals surface area contributed by atoms with Crippen molar-refractivity contribution >= 4 is 0 Å². The second-order valence-corrected chi connectivity index (χ2v) is 4.15. The molecule has 0 aliphatic rings. The standard InChI is InChI=1S/C13H20/c1-5-10(2)9-13-7-6-11(3)8-12(13)4/h6-8,10H,5,9H2,1-4H3/t10-/m1/s1. The van der Waals surface area contributed by atoms with Crippen LogP contribution in [0.15, 0.2) is 18.2 Å². The Kier molecular flexibility index (Phi) is 3.53. The lowest BCUT2D eigenvalue weighted by Crippen LogP contribution is -1.99. The van der Waals surface area contributed by atoms with Crippen LogP contribution in [0.3, 0.4) is 0 Å². The van der Waals surface area contributed by atoms with E-state index in [0.717, 1.165) is 5.92 Å². The van der Waals surface area contributed by atoms with E-state index in [1.807, 2.05) is 0 Å². The average molecular weight is 176 g/mol. The lowest BCUT2D eigenvalue weighted by atomic mass is 9.95. The van der Waals surface area contributed by atoms with E-state index in [9.17, 15) is 0 Å². The summed E-state index contributed by atoms with van der Waals surface area (Å²) in [6.45, 7) is 8.94. The van der Waals surface area contributed by atoms with Crippen LogP contribution in [-0.2, 0) is 6.42 Å². The summed E-state index contributed by atoms with van der Waals surface area (Å²) in [4.78, 5) is 0. The third-order valence-electron chi connectivity index (χ3n) is 2.76. The van der Waals surface area contributed by atoms with Crippen LogP contribution in [0.2, 0.25) is 0 Å². The summed E-state index contributed by atoms with van der Waals surface area (Å²) in [5, 5.41) is 0. The molecule has 0 spiro atoms. The van der Waals surface area contributed by atoms with Crippen LogP contribution in [0.4, 0.5) is 0 Å². The minimum atomic E-state index is 0.807. The molecule has 0 aliphatic carbocycles. The average Bonchev–Trinajstić information content (AvgIpc) is 2.09. The van der Waals surface area contributed by atoms with Crippen LogP contribution in [0, 0.1) is 19.8 Å². The molecule has 1 aromatic carbocycles. The maximum Gasteiger partial charge on any atom is -0.0250 e. The Morgan fingerprint density at radius 1 is 1.23 bits per heavy atom. The summed E-state index contributed by atoms with van der Waals surface area (Å²) in [6, 6.07) is 6.76. The molecular weight excluding hydrogens is 156 g/mol. The van der Waals surface area contributed by atoms with Crippen molar-refractivity contribution in [2.45, 2.75) is 40.5 Å². The molecular formula is C13H20. The maximum atomic E-state index is 2.32. The highest BCUT2D eigenvalue weighted by Crippen LogP contribution is 2.16. The first kappa shape index (κ1) is 10.3. The monoisotopic (exact) mass is 176 g/mol. The first-order chi connectivity index (χ1) is 6.13. The van der Waals surface area contributed by atoms with Crippen molar-refractivity contribution in [3.63, 3.8) is 0 Å². The predicted molar refractivity (Wildman–Crippen MR) is 59.1 cm³/mol. The molecule has 0 bridgehead atoms. The van der Waals surface area contributed by atoms with Gasteiger partial charge in [-0.3, -0.25) is 0 Å². The molecule has 13 heavy (non-hydrogen) atoms. The molecule has 1 aromatic rings. The molecule has 72 valence electrons. The highest BCUT2D eigenvalue weighted by molar-refractivity contribution is 5.30. The van der Waals surface area contributed by atoms with Gasteiger partial charge in [-0.15, -0.1) is 0 Å². The van der Waals surface area contributed by atoms with Crippen molar-refractivity contribution in [2.24, 2.45) is 5.92 Å². The van der Waals surface area contributed by atoms with Gasteiger partial charge in [0.25, 0.3) is 0 Å². The fourth-order valence-electron chi connectivity index (χ4n) is 1.59. The van der Waals surface area contributed by atoms with Crippen molar-refractivity contribution in [1.29, 1.82) is 0 Å². The molecule has 0 unspecified atom stereocenters. The first-order valence-corrected chi connectivity index (χ1v) is 5.19. The lowest BCUT2D eigenvalue weighted by Gasteiger charge is -2.11. The van der Waals surface area contributed by atoms with E-state index in [0.29, 0.717) is 0 Å². The van der Waals surface area contributed by atoms with Crippen LogP contribution in [-0.4, -0.2) is 0 Å². The van der Waals surface area contributed by atoms with E-state index >= 15 is 0 Å². The maximum absolute atomic E-state index is 2.32. The van der Waals surface area contributed by atoms with Crippen molar-refractivity contribution in [3.05, 3.63) is 34.9 Å². The van der Waals surface area contributed by atoms with E-state index < -0.39 is 0 Å². The Labute approximate surface area is 82.0 Å². The molecule has 0 N–H and O–H groups in total. The highest BCUT2D eigenvalue weighted by Gasteiger charge is 2.03. The van der Waals surface area contributed by atoms with Gasteiger partial charge in [0.1, 0.15) is 0 Å². The van der Waals surface area contributed by atoms with E-state index in [-0.39, 0.29) is 0 Å². The lowest BCUT2D eigenvalue weighted by molar-refractivity contribution is 0.559. The molecule has 0 nitrogen and oxygen atoms in total. The van der Waals surface area contributed by atoms with Gasteiger partial charge in [-0.2, -0.15) is 0 Å². The predicted octanol–water partition coefficient (Wildman–Crippen LogP) is 3.89. The molecule has 0 aromatic heterocycles. The van der Waals surface area contributed by atoms with Crippen molar-refractivity contribution < 1.29 is 0 Å². The zero-order valence-electron chi connectivity index (χ0n) is 9.22. The fraction of sp³-hybridized carbons (Fsp3) is 0.538. The molecule has 0 aliphatic heterocycles. The van der Waals surface area contributed by atoms with Crippen molar-refractivity contribution in [3.8, 4) is 0 Å². The van der Waals surface area contributed by atoms with Crippen molar-refractivity contribution in [2.75, 3.05) is 0 Å². The Morgan fingerprint density at radius 2 is 1.92 bits per heavy atom. The number of benzene rings is 1. The van der Waals surface area contributed by atoms with E-state index in [4.69, 9.17) is 0 Å². The minimum Gasteiger partial charge on any atom is -0.0651 e. The van der Waals surface area contributed by atoms with Gasteiger partial charge in [0.2, 0.25) is 0 Å². The van der Waals surface area contributed by atoms with Crippen molar-refractivity contribution in [1.82, 2.24) is 0 Å². The van der Waals surface area contributed by atoms with Crippen LogP contribution in [0.1, 0.15) is 37.0 Å². The van der Waals surface area contributed by atoms with Crippen LogP contribution in [0.25, 0.3) is 0 Å². The molecule has 0 saturated heterocycles.